The van der Waals surface area contributed by atoms with E-state index in [1.165, 1.54) is 14.6 Å². The molecular formula is C18H23N3O3S. The second kappa shape index (κ2) is 6.72. The highest BCUT2D eigenvalue weighted by Gasteiger charge is 2.33. The smallest absolute Gasteiger partial charge is 0.247 e. The number of hydrogen-bond acceptors (Lipinski definition) is 4. The summed E-state index contributed by atoms with van der Waals surface area (Å²) in [6.07, 6.45) is 1.73. The first kappa shape index (κ1) is 17.8. The average molecular weight is 361 g/mol. The van der Waals surface area contributed by atoms with Gasteiger partial charge in [-0.2, -0.15) is 9.40 Å². The van der Waals surface area contributed by atoms with Gasteiger partial charge >= 0.3 is 0 Å². The first-order valence-corrected chi connectivity index (χ1v) is 9.96. The van der Waals surface area contributed by atoms with Gasteiger partial charge in [0.2, 0.25) is 15.9 Å². The Kier molecular flexibility index (Phi) is 4.79. The first-order chi connectivity index (χ1) is 11.9. The Hall–Kier alpha value is -1.99. The minimum Gasteiger partial charge on any atom is -0.273 e. The summed E-state index contributed by atoms with van der Waals surface area (Å²) < 4.78 is 29.1. The molecule has 0 N–H and O–H groups in total. The van der Waals surface area contributed by atoms with Crippen LogP contribution in [0.25, 0.3) is 0 Å². The van der Waals surface area contributed by atoms with Crippen molar-refractivity contribution in [3.63, 3.8) is 0 Å². The molecule has 1 aromatic carbocycles. The van der Waals surface area contributed by atoms with Crippen molar-refractivity contribution in [2.75, 3.05) is 6.54 Å². The fourth-order valence-electron chi connectivity index (χ4n) is 3.37. The number of hydrogen-bond donors (Lipinski definition) is 0. The van der Waals surface area contributed by atoms with Gasteiger partial charge in [0.25, 0.3) is 0 Å². The Labute approximate surface area is 148 Å². The predicted octanol–water partition coefficient (Wildman–Crippen LogP) is 2.69. The van der Waals surface area contributed by atoms with Crippen molar-refractivity contribution in [2.24, 2.45) is 0 Å². The SMILES string of the molecule is CCCC(=O)n1nc(C)c(S(=O)(=O)N2CCc3ccccc3C2)c1C. The van der Waals surface area contributed by atoms with E-state index in [0.29, 0.717) is 43.7 Å². The zero-order chi connectivity index (χ0) is 18.2. The number of carbonyl (C=O) groups is 1. The Balaban J connectivity index is 1.98. The Morgan fingerprint density at radius 1 is 1.20 bits per heavy atom. The standard InChI is InChI=1S/C18H23N3O3S/c1-4-7-17(22)21-14(3)18(13(2)19-21)25(23,24)20-11-10-15-8-5-6-9-16(15)12-20/h5-6,8-9H,4,7,10-12H2,1-3H3. The first-order valence-electron chi connectivity index (χ1n) is 8.52. The van der Waals surface area contributed by atoms with E-state index < -0.39 is 10.0 Å². The van der Waals surface area contributed by atoms with Crippen LogP contribution in [0.1, 0.15) is 47.1 Å². The lowest BCUT2D eigenvalue weighted by Crippen LogP contribution is -2.36. The second-order valence-electron chi connectivity index (χ2n) is 6.41. The lowest BCUT2D eigenvalue weighted by atomic mass is 10.0. The molecule has 3 rings (SSSR count). The van der Waals surface area contributed by atoms with E-state index in [9.17, 15) is 13.2 Å². The summed E-state index contributed by atoms with van der Waals surface area (Å²) in [5, 5.41) is 4.20. The summed E-state index contributed by atoms with van der Waals surface area (Å²) in [4.78, 5) is 12.4. The fraction of sp³-hybridized carbons (Fsp3) is 0.444. The molecule has 2 aromatic rings. The molecule has 0 unspecified atom stereocenters. The Morgan fingerprint density at radius 2 is 1.88 bits per heavy atom. The van der Waals surface area contributed by atoms with Crippen LogP contribution in [0.3, 0.4) is 0 Å². The van der Waals surface area contributed by atoms with Crippen molar-refractivity contribution >= 4 is 15.9 Å². The summed E-state index contributed by atoms with van der Waals surface area (Å²) >= 11 is 0. The normalized spacial score (nSPS) is 15.2. The maximum absolute atomic E-state index is 13.2. The van der Waals surface area contributed by atoms with E-state index in [1.54, 1.807) is 13.8 Å². The molecule has 25 heavy (non-hydrogen) atoms. The van der Waals surface area contributed by atoms with E-state index in [4.69, 9.17) is 0 Å². The number of aromatic nitrogens is 2. The van der Waals surface area contributed by atoms with Crippen molar-refractivity contribution in [1.82, 2.24) is 14.1 Å². The molecule has 0 saturated heterocycles. The number of benzene rings is 1. The Bertz CT molecular complexity index is 916. The summed E-state index contributed by atoms with van der Waals surface area (Å²) in [5.74, 6) is -0.173. The van der Waals surface area contributed by atoms with Gasteiger partial charge in [-0.15, -0.1) is 0 Å². The third-order valence-electron chi connectivity index (χ3n) is 4.62. The van der Waals surface area contributed by atoms with Gasteiger partial charge in [0, 0.05) is 19.5 Å². The van der Waals surface area contributed by atoms with Crippen LogP contribution in [0.5, 0.6) is 0 Å². The zero-order valence-electron chi connectivity index (χ0n) is 14.8. The second-order valence-corrected chi connectivity index (χ2v) is 8.29. The molecule has 0 amide bonds. The van der Waals surface area contributed by atoms with E-state index in [1.807, 2.05) is 31.2 Å². The van der Waals surface area contributed by atoms with Crippen molar-refractivity contribution in [2.45, 2.75) is 51.5 Å². The molecule has 1 aliphatic rings. The lowest BCUT2D eigenvalue weighted by Gasteiger charge is -2.28. The maximum Gasteiger partial charge on any atom is 0.247 e. The van der Waals surface area contributed by atoms with Crippen LogP contribution < -0.4 is 0 Å². The van der Waals surface area contributed by atoms with Crippen LogP contribution >= 0.6 is 0 Å². The summed E-state index contributed by atoms with van der Waals surface area (Å²) in [6.45, 7) is 6.00. The van der Waals surface area contributed by atoms with Gasteiger partial charge in [-0.05, 0) is 37.8 Å². The molecule has 0 aliphatic carbocycles. The van der Waals surface area contributed by atoms with Crippen LogP contribution in [0.2, 0.25) is 0 Å². The molecule has 6 nitrogen and oxygen atoms in total. The number of rotatable bonds is 4. The van der Waals surface area contributed by atoms with Gasteiger partial charge in [0.05, 0.1) is 11.4 Å². The summed E-state index contributed by atoms with van der Waals surface area (Å²) in [6, 6.07) is 7.90. The molecule has 0 fully saturated rings. The topological polar surface area (TPSA) is 72.3 Å². The predicted molar refractivity (Wildman–Crippen MR) is 95.0 cm³/mol. The number of carbonyl (C=O) groups excluding carboxylic acids is 1. The third-order valence-corrected chi connectivity index (χ3v) is 6.72. The van der Waals surface area contributed by atoms with Gasteiger partial charge in [0.1, 0.15) is 4.90 Å². The fourth-order valence-corrected chi connectivity index (χ4v) is 5.14. The van der Waals surface area contributed by atoms with Crippen LogP contribution in [0.15, 0.2) is 29.2 Å². The molecule has 0 bridgehead atoms. The molecule has 0 radical (unpaired) electrons. The quantitative estimate of drug-likeness (QED) is 0.839. The molecule has 0 atom stereocenters. The van der Waals surface area contributed by atoms with Gasteiger partial charge in [-0.1, -0.05) is 31.2 Å². The summed E-state index contributed by atoms with van der Waals surface area (Å²) in [7, 11) is -3.70. The van der Waals surface area contributed by atoms with Crippen molar-refractivity contribution in [3.8, 4) is 0 Å². The molecule has 1 aromatic heterocycles. The number of aryl methyl sites for hydroxylation is 1. The Morgan fingerprint density at radius 3 is 2.56 bits per heavy atom. The molecule has 2 heterocycles. The van der Waals surface area contributed by atoms with E-state index in [2.05, 4.69) is 5.10 Å². The molecule has 1 aliphatic heterocycles. The minimum atomic E-state index is -3.70. The van der Waals surface area contributed by atoms with Crippen LogP contribution in [0.4, 0.5) is 0 Å². The van der Waals surface area contributed by atoms with E-state index in [0.717, 1.165) is 5.56 Å². The number of sulfonamides is 1. The van der Waals surface area contributed by atoms with Gasteiger partial charge < -0.3 is 0 Å². The van der Waals surface area contributed by atoms with Crippen molar-refractivity contribution < 1.29 is 13.2 Å². The summed E-state index contributed by atoms with van der Waals surface area (Å²) in [5.41, 5.74) is 2.99. The average Bonchev–Trinajstić information content (AvgIpc) is 2.89. The van der Waals surface area contributed by atoms with Gasteiger partial charge in [0.15, 0.2) is 0 Å². The molecule has 7 heteroatoms. The maximum atomic E-state index is 13.2. The largest absolute Gasteiger partial charge is 0.273 e. The minimum absolute atomic E-state index is 0.163. The molecule has 134 valence electrons. The van der Waals surface area contributed by atoms with Crippen LogP contribution in [-0.4, -0.2) is 35.0 Å². The van der Waals surface area contributed by atoms with Gasteiger partial charge in [-0.3, -0.25) is 4.79 Å². The van der Waals surface area contributed by atoms with Crippen molar-refractivity contribution in [3.05, 3.63) is 46.8 Å². The monoisotopic (exact) mass is 361 g/mol. The highest BCUT2D eigenvalue weighted by molar-refractivity contribution is 7.89. The molecule has 0 saturated carbocycles. The molecular weight excluding hydrogens is 338 g/mol. The highest BCUT2D eigenvalue weighted by Crippen LogP contribution is 2.28. The zero-order valence-corrected chi connectivity index (χ0v) is 15.6. The lowest BCUT2D eigenvalue weighted by molar-refractivity contribution is 0.0882. The van der Waals surface area contributed by atoms with Crippen LogP contribution in [0, 0.1) is 13.8 Å². The number of fused-ring (bicyclic) bond motifs is 1. The van der Waals surface area contributed by atoms with Crippen molar-refractivity contribution in [1.29, 1.82) is 0 Å². The molecule has 0 spiro atoms. The van der Waals surface area contributed by atoms with Gasteiger partial charge in [-0.25, -0.2) is 13.1 Å². The van der Waals surface area contributed by atoms with E-state index in [-0.39, 0.29) is 10.8 Å². The third kappa shape index (κ3) is 3.14. The van der Waals surface area contributed by atoms with E-state index >= 15 is 0 Å². The highest BCUT2D eigenvalue weighted by atomic mass is 32.2. The van der Waals surface area contributed by atoms with Crippen LogP contribution in [-0.2, 0) is 23.0 Å². The number of nitrogens with zero attached hydrogens (tertiary/aromatic N) is 3.